The van der Waals surface area contributed by atoms with Gasteiger partial charge >= 0.3 is 5.97 Å². The molecule has 0 unspecified atom stereocenters. The average Bonchev–Trinajstić information content (AvgIpc) is 2.34. The maximum absolute atomic E-state index is 12.0. The van der Waals surface area contributed by atoms with Crippen molar-refractivity contribution >= 4 is 16.9 Å². The molecular formula is C15H16O4. The van der Waals surface area contributed by atoms with E-state index in [1.54, 1.807) is 6.07 Å². The number of hydrogen-bond donors (Lipinski definition) is 1. The van der Waals surface area contributed by atoms with E-state index in [1.807, 2.05) is 19.9 Å². The van der Waals surface area contributed by atoms with Gasteiger partial charge in [-0.1, -0.05) is 6.07 Å². The van der Waals surface area contributed by atoms with Crippen LogP contribution in [0, 0.1) is 13.8 Å². The first-order valence-electron chi connectivity index (χ1n) is 6.24. The van der Waals surface area contributed by atoms with Crippen LogP contribution < -0.4 is 5.43 Å². The molecule has 0 fully saturated rings. The number of fused-ring (bicyclic) bond motifs is 1. The normalized spacial score (nSPS) is 10.8. The first kappa shape index (κ1) is 13.3. The molecule has 0 bridgehead atoms. The van der Waals surface area contributed by atoms with Crippen molar-refractivity contribution in [1.29, 1.82) is 0 Å². The molecule has 1 heterocycles. The molecule has 0 spiro atoms. The van der Waals surface area contributed by atoms with Crippen LogP contribution in [0.2, 0.25) is 0 Å². The van der Waals surface area contributed by atoms with Gasteiger partial charge in [-0.2, -0.15) is 0 Å². The Morgan fingerprint density at radius 2 is 2.05 bits per heavy atom. The third-order valence-corrected chi connectivity index (χ3v) is 3.28. The van der Waals surface area contributed by atoms with Crippen LogP contribution in [0.5, 0.6) is 0 Å². The number of carbonyl (C=O) groups is 1. The molecule has 1 aromatic heterocycles. The number of carboxylic acid groups (broad SMARTS) is 1. The third kappa shape index (κ3) is 2.84. The van der Waals surface area contributed by atoms with Crippen LogP contribution in [0.4, 0.5) is 0 Å². The summed E-state index contributed by atoms with van der Waals surface area (Å²) in [7, 11) is 0. The maximum atomic E-state index is 12.0. The highest BCUT2D eigenvalue weighted by Crippen LogP contribution is 2.20. The van der Waals surface area contributed by atoms with Crippen molar-refractivity contribution < 1.29 is 14.3 Å². The van der Waals surface area contributed by atoms with Crippen LogP contribution in [-0.2, 0) is 11.2 Å². The van der Waals surface area contributed by atoms with Gasteiger partial charge in [-0.05, 0) is 37.5 Å². The zero-order chi connectivity index (χ0) is 14.0. The quantitative estimate of drug-likeness (QED) is 0.917. The smallest absolute Gasteiger partial charge is 0.303 e. The summed E-state index contributed by atoms with van der Waals surface area (Å²) < 4.78 is 5.74. The van der Waals surface area contributed by atoms with Crippen molar-refractivity contribution in [3.63, 3.8) is 0 Å². The highest BCUT2D eigenvalue weighted by Gasteiger charge is 2.09. The van der Waals surface area contributed by atoms with E-state index in [9.17, 15) is 9.59 Å². The molecule has 0 saturated carbocycles. The minimum atomic E-state index is -0.838. The van der Waals surface area contributed by atoms with E-state index >= 15 is 0 Å². The maximum Gasteiger partial charge on any atom is 0.303 e. The van der Waals surface area contributed by atoms with E-state index in [-0.39, 0.29) is 11.8 Å². The van der Waals surface area contributed by atoms with Crippen LogP contribution in [0.15, 0.2) is 27.4 Å². The van der Waals surface area contributed by atoms with Crippen LogP contribution in [0.25, 0.3) is 11.0 Å². The third-order valence-electron chi connectivity index (χ3n) is 3.28. The Bertz CT molecular complexity index is 682. The molecule has 0 aliphatic carbocycles. The molecule has 4 heteroatoms. The van der Waals surface area contributed by atoms with E-state index in [2.05, 4.69) is 0 Å². The molecular weight excluding hydrogens is 244 g/mol. The van der Waals surface area contributed by atoms with E-state index in [0.717, 1.165) is 11.1 Å². The number of hydrogen-bond acceptors (Lipinski definition) is 3. The Labute approximate surface area is 110 Å². The van der Waals surface area contributed by atoms with Crippen molar-refractivity contribution in [2.45, 2.75) is 33.1 Å². The summed E-state index contributed by atoms with van der Waals surface area (Å²) in [6.45, 7) is 3.88. The minimum absolute atomic E-state index is 0.0744. The molecule has 0 amide bonds. The summed E-state index contributed by atoms with van der Waals surface area (Å²) in [5, 5.41) is 9.18. The molecule has 0 radical (unpaired) electrons. The fourth-order valence-electron chi connectivity index (χ4n) is 2.04. The first-order valence-corrected chi connectivity index (χ1v) is 6.24. The Morgan fingerprint density at radius 3 is 2.74 bits per heavy atom. The highest BCUT2D eigenvalue weighted by molar-refractivity contribution is 5.80. The molecule has 100 valence electrons. The second-order valence-corrected chi connectivity index (χ2v) is 4.71. The van der Waals surface area contributed by atoms with Crippen LogP contribution in [0.3, 0.4) is 0 Å². The van der Waals surface area contributed by atoms with Crippen LogP contribution >= 0.6 is 0 Å². The molecule has 0 atom stereocenters. The fraction of sp³-hybridized carbons (Fsp3) is 0.333. The van der Waals surface area contributed by atoms with E-state index < -0.39 is 5.97 Å². The lowest BCUT2D eigenvalue weighted by atomic mass is 10.1. The monoisotopic (exact) mass is 260 g/mol. The van der Waals surface area contributed by atoms with Gasteiger partial charge in [-0.15, -0.1) is 0 Å². The summed E-state index contributed by atoms with van der Waals surface area (Å²) in [6, 6.07) is 5.13. The fourth-order valence-corrected chi connectivity index (χ4v) is 2.04. The van der Waals surface area contributed by atoms with Crippen molar-refractivity contribution in [3.05, 3.63) is 45.3 Å². The molecule has 0 saturated heterocycles. The van der Waals surface area contributed by atoms with Crippen LogP contribution in [-0.4, -0.2) is 11.1 Å². The minimum Gasteiger partial charge on any atom is -0.481 e. The standard InChI is InChI=1S/C15H16O4/c1-9-6-7-12-13(16)8-11(4-3-5-14(17)18)19-15(12)10(9)2/h6-8H,3-5H2,1-2H3,(H,17,18). The van der Waals surface area contributed by atoms with Crippen molar-refractivity contribution in [3.8, 4) is 0 Å². The molecule has 2 aromatic rings. The number of rotatable bonds is 4. The predicted molar refractivity (Wildman–Crippen MR) is 72.5 cm³/mol. The molecule has 1 aromatic carbocycles. The van der Waals surface area contributed by atoms with Gasteiger partial charge in [-0.3, -0.25) is 9.59 Å². The largest absolute Gasteiger partial charge is 0.481 e. The lowest BCUT2D eigenvalue weighted by Crippen LogP contribution is -2.04. The molecule has 4 nitrogen and oxygen atoms in total. The molecule has 0 aliphatic rings. The summed E-state index contributed by atoms with van der Waals surface area (Å²) >= 11 is 0. The van der Waals surface area contributed by atoms with E-state index in [0.29, 0.717) is 29.6 Å². The summed E-state index contributed by atoms with van der Waals surface area (Å²) in [4.78, 5) is 22.5. The van der Waals surface area contributed by atoms with Gasteiger partial charge in [0.25, 0.3) is 0 Å². The Balaban J connectivity index is 2.40. The van der Waals surface area contributed by atoms with E-state index in [1.165, 1.54) is 6.07 Å². The van der Waals surface area contributed by atoms with Gasteiger partial charge in [-0.25, -0.2) is 0 Å². The summed E-state index contributed by atoms with van der Waals surface area (Å²) in [5.74, 6) is -0.289. The highest BCUT2D eigenvalue weighted by atomic mass is 16.4. The zero-order valence-electron chi connectivity index (χ0n) is 11.0. The van der Waals surface area contributed by atoms with Gasteiger partial charge < -0.3 is 9.52 Å². The van der Waals surface area contributed by atoms with E-state index in [4.69, 9.17) is 9.52 Å². The number of benzene rings is 1. The molecule has 2 rings (SSSR count). The average molecular weight is 260 g/mol. The Morgan fingerprint density at radius 1 is 1.32 bits per heavy atom. The second-order valence-electron chi connectivity index (χ2n) is 4.71. The topological polar surface area (TPSA) is 67.5 Å². The summed E-state index contributed by atoms with van der Waals surface area (Å²) in [5.41, 5.74) is 2.56. The Hall–Kier alpha value is -2.10. The lowest BCUT2D eigenvalue weighted by molar-refractivity contribution is -0.137. The molecule has 1 N–H and O–H groups in total. The van der Waals surface area contributed by atoms with Crippen LogP contribution in [0.1, 0.15) is 29.7 Å². The van der Waals surface area contributed by atoms with Crippen molar-refractivity contribution in [2.75, 3.05) is 0 Å². The molecule has 19 heavy (non-hydrogen) atoms. The van der Waals surface area contributed by atoms with Crippen molar-refractivity contribution in [1.82, 2.24) is 0 Å². The van der Waals surface area contributed by atoms with Gasteiger partial charge in [0, 0.05) is 18.9 Å². The van der Waals surface area contributed by atoms with Crippen molar-refractivity contribution in [2.24, 2.45) is 0 Å². The van der Waals surface area contributed by atoms with Gasteiger partial charge in [0.1, 0.15) is 11.3 Å². The number of aliphatic carboxylic acids is 1. The van der Waals surface area contributed by atoms with Gasteiger partial charge in [0.2, 0.25) is 0 Å². The number of aryl methyl sites for hydroxylation is 3. The van der Waals surface area contributed by atoms with Gasteiger partial charge in [0.15, 0.2) is 5.43 Å². The SMILES string of the molecule is Cc1ccc2c(=O)cc(CCCC(=O)O)oc2c1C. The molecule has 0 aliphatic heterocycles. The summed E-state index contributed by atoms with van der Waals surface area (Å²) in [6.07, 6.45) is 1.01. The first-order chi connectivity index (χ1) is 8.99. The lowest BCUT2D eigenvalue weighted by Gasteiger charge is -2.06. The second kappa shape index (κ2) is 5.26. The number of carboxylic acids is 1. The predicted octanol–water partition coefficient (Wildman–Crippen LogP) is 2.82. The zero-order valence-corrected chi connectivity index (χ0v) is 11.0. The van der Waals surface area contributed by atoms with Gasteiger partial charge in [0.05, 0.1) is 5.39 Å². The Kier molecular flexibility index (Phi) is 3.69.